The van der Waals surface area contributed by atoms with E-state index in [1.807, 2.05) is 11.8 Å². The highest BCUT2D eigenvalue weighted by Gasteiger charge is 2.48. The SMILES string of the molecule is CCC1NC(C)(CC)C(=O)N1CC1(SC)CCCCC1. The van der Waals surface area contributed by atoms with Gasteiger partial charge in [0, 0.05) is 11.3 Å². The van der Waals surface area contributed by atoms with Gasteiger partial charge in [0.2, 0.25) is 5.91 Å². The van der Waals surface area contributed by atoms with Crippen LogP contribution in [0.1, 0.15) is 65.7 Å². The first-order valence-electron chi connectivity index (χ1n) is 8.14. The zero-order valence-corrected chi connectivity index (χ0v) is 14.3. The van der Waals surface area contributed by atoms with Crippen molar-refractivity contribution in [2.75, 3.05) is 12.8 Å². The molecule has 0 spiro atoms. The second-order valence-corrected chi connectivity index (χ2v) is 7.91. The lowest BCUT2D eigenvalue weighted by molar-refractivity contribution is -0.133. The first-order chi connectivity index (χ1) is 9.50. The minimum Gasteiger partial charge on any atom is -0.324 e. The van der Waals surface area contributed by atoms with Gasteiger partial charge in [-0.3, -0.25) is 10.1 Å². The molecule has 0 aromatic carbocycles. The van der Waals surface area contributed by atoms with Gasteiger partial charge in [0.25, 0.3) is 0 Å². The smallest absolute Gasteiger partial charge is 0.243 e. The fourth-order valence-electron chi connectivity index (χ4n) is 3.66. The van der Waals surface area contributed by atoms with E-state index in [4.69, 9.17) is 0 Å². The molecule has 1 amide bonds. The van der Waals surface area contributed by atoms with E-state index in [-0.39, 0.29) is 11.7 Å². The van der Waals surface area contributed by atoms with Crippen molar-refractivity contribution in [1.29, 1.82) is 0 Å². The lowest BCUT2D eigenvalue weighted by Gasteiger charge is -2.40. The topological polar surface area (TPSA) is 32.3 Å². The molecule has 2 unspecified atom stereocenters. The van der Waals surface area contributed by atoms with E-state index in [2.05, 4.69) is 37.2 Å². The lowest BCUT2D eigenvalue weighted by atomic mass is 9.87. The highest BCUT2D eigenvalue weighted by atomic mass is 32.2. The van der Waals surface area contributed by atoms with Crippen LogP contribution in [0, 0.1) is 0 Å². The molecule has 2 fully saturated rings. The van der Waals surface area contributed by atoms with Crippen molar-refractivity contribution in [3.63, 3.8) is 0 Å². The van der Waals surface area contributed by atoms with Crippen LogP contribution in [-0.2, 0) is 4.79 Å². The number of hydrogen-bond acceptors (Lipinski definition) is 3. The molecule has 0 radical (unpaired) electrons. The van der Waals surface area contributed by atoms with E-state index < -0.39 is 0 Å². The summed E-state index contributed by atoms with van der Waals surface area (Å²) in [7, 11) is 0. The number of rotatable bonds is 5. The maximum atomic E-state index is 12.8. The molecule has 3 nitrogen and oxygen atoms in total. The van der Waals surface area contributed by atoms with Gasteiger partial charge in [0.15, 0.2) is 0 Å². The van der Waals surface area contributed by atoms with E-state index >= 15 is 0 Å². The van der Waals surface area contributed by atoms with Crippen molar-refractivity contribution >= 4 is 17.7 Å². The number of carbonyl (C=O) groups is 1. The molecule has 20 heavy (non-hydrogen) atoms. The van der Waals surface area contributed by atoms with Crippen molar-refractivity contribution in [2.24, 2.45) is 0 Å². The van der Waals surface area contributed by atoms with Crippen LogP contribution >= 0.6 is 11.8 Å². The summed E-state index contributed by atoms with van der Waals surface area (Å²) in [5, 5.41) is 3.56. The monoisotopic (exact) mass is 298 g/mol. The summed E-state index contributed by atoms with van der Waals surface area (Å²) < 4.78 is 0.294. The standard InChI is InChI=1S/C16H30N2OS/c1-5-13-17-15(3,6-2)14(19)18(13)12-16(20-4)10-8-7-9-11-16/h13,17H,5-12H2,1-4H3. The number of thioether (sulfide) groups is 1. The van der Waals surface area contributed by atoms with Crippen molar-refractivity contribution in [3.8, 4) is 0 Å². The van der Waals surface area contributed by atoms with E-state index in [1.54, 1.807) is 0 Å². The quantitative estimate of drug-likeness (QED) is 0.844. The summed E-state index contributed by atoms with van der Waals surface area (Å²) in [4.78, 5) is 15.0. The van der Waals surface area contributed by atoms with Gasteiger partial charge in [-0.15, -0.1) is 0 Å². The number of nitrogens with zero attached hydrogens (tertiary/aromatic N) is 1. The average Bonchev–Trinajstić information content (AvgIpc) is 2.73. The summed E-state index contributed by atoms with van der Waals surface area (Å²) in [5.41, 5.74) is -0.352. The molecular weight excluding hydrogens is 268 g/mol. The summed E-state index contributed by atoms with van der Waals surface area (Å²) in [6.07, 6.45) is 10.8. The number of carbonyl (C=O) groups excluding carboxylic acids is 1. The van der Waals surface area contributed by atoms with Crippen LogP contribution in [0.2, 0.25) is 0 Å². The first-order valence-corrected chi connectivity index (χ1v) is 9.36. The van der Waals surface area contributed by atoms with Gasteiger partial charge in [0.05, 0.1) is 11.7 Å². The van der Waals surface area contributed by atoms with Crippen molar-refractivity contribution in [1.82, 2.24) is 10.2 Å². The molecule has 1 heterocycles. The van der Waals surface area contributed by atoms with Crippen LogP contribution in [0.4, 0.5) is 0 Å². The molecule has 1 saturated heterocycles. The Kier molecular flexibility index (Phi) is 5.06. The molecule has 2 aliphatic rings. The molecule has 1 saturated carbocycles. The highest BCUT2D eigenvalue weighted by Crippen LogP contribution is 2.41. The van der Waals surface area contributed by atoms with Crippen LogP contribution in [0.5, 0.6) is 0 Å². The Morgan fingerprint density at radius 1 is 1.30 bits per heavy atom. The Hall–Kier alpha value is -0.220. The largest absolute Gasteiger partial charge is 0.324 e. The van der Waals surface area contributed by atoms with Crippen LogP contribution in [0.15, 0.2) is 0 Å². The fourth-order valence-corrected chi connectivity index (χ4v) is 4.62. The minimum atomic E-state index is -0.352. The zero-order valence-electron chi connectivity index (χ0n) is 13.5. The van der Waals surface area contributed by atoms with E-state index in [9.17, 15) is 4.79 Å². The van der Waals surface area contributed by atoms with Crippen molar-refractivity contribution < 1.29 is 4.79 Å². The Labute approximate surface area is 128 Å². The first kappa shape index (κ1) is 16.2. The maximum absolute atomic E-state index is 12.8. The molecule has 4 heteroatoms. The molecule has 0 aromatic rings. The Morgan fingerprint density at radius 2 is 1.95 bits per heavy atom. The molecule has 2 rings (SSSR count). The summed E-state index contributed by atoms with van der Waals surface area (Å²) in [5.74, 6) is 0.311. The Bertz CT molecular complexity index is 354. The van der Waals surface area contributed by atoms with Crippen LogP contribution < -0.4 is 5.32 Å². The third-order valence-corrected chi connectivity index (χ3v) is 6.75. The second-order valence-electron chi connectivity index (χ2n) is 6.63. The second kappa shape index (κ2) is 6.27. The average molecular weight is 298 g/mol. The van der Waals surface area contributed by atoms with Gasteiger partial charge in [-0.2, -0.15) is 11.8 Å². The predicted octanol–water partition coefficient (Wildman–Crippen LogP) is 3.39. The third-order valence-electron chi connectivity index (χ3n) is 5.34. The Balaban J connectivity index is 2.15. The summed E-state index contributed by atoms with van der Waals surface area (Å²) in [6, 6.07) is 0. The predicted molar refractivity (Wildman–Crippen MR) is 87.0 cm³/mol. The number of nitrogens with one attached hydrogen (secondary N) is 1. The zero-order chi connectivity index (χ0) is 14.8. The third kappa shape index (κ3) is 2.87. The molecular formula is C16H30N2OS. The molecule has 0 bridgehead atoms. The van der Waals surface area contributed by atoms with Crippen LogP contribution in [0.25, 0.3) is 0 Å². The number of amides is 1. The van der Waals surface area contributed by atoms with Gasteiger partial charge in [-0.1, -0.05) is 33.1 Å². The number of hydrogen-bond donors (Lipinski definition) is 1. The molecule has 1 N–H and O–H groups in total. The Morgan fingerprint density at radius 3 is 2.45 bits per heavy atom. The molecule has 0 aromatic heterocycles. The van der Waals surface area contributed by atoms with Gasteiger partial charge < -0.3 is 4.90 Å². The minimum absolute atomic E-state index is 0.221. The van der Waals surface area contributed by atoms with Crippen LogP contribution in [-0.4, -0.2) is 40.1 Å². The molecule has 1 aliphatic carbocycles. The summed E-state index contributed by atoms with van der Waals surface area (Å²) >= 11 is 1.98. The summed E-state index contributed by atoms with van der Waals surface area (Å²) in [6.45, 7) is 7.26. The lowest BCUT2D eigenvalue weighted by Crippen LogP contribution is -2.47. The van der Waals surface area contributed by atoms with Gasteiger partial charge in [0.1, 0.15) is 0 Å². The highest BCUT2D eigenvalue weighted by molar-refractivity contribution is 8.00. The van der Waals surface area contributed by atoms with Crippen molar-refractivity contribution in [2.45, 2.75) is 82.2 Å². The van der Waals surface area contributed by atoms with Gasteiger partial charge >= 0.3 is 0 Å². The van der Waals surface area contributed by atoms with E-state index in [1.165, 1.54) is 32.1 Å². The van der Waals surface area contributed by atoms with E-state index in [0.717, 1.165) is 19.4 Å². The van der Waals surface area contributed by atoms with Gasteiger partial charge in [-0.05, 0) is 38.9 Å². The molecule has 116 valence electrons. The van der Waals surface area contributed by atoms with Gasteiger partial charge in [-0.25, -0.2) is 0 Å². The van der Waals surface area contributed by atoms with Crippen molar-refractivity contribution in [3.05, 3.63) is 0 Å². The maximum Gasteiger partial charge on any atom is 0.243 e. The van der Waals surface area contributed by atoms with Crippen LogP contribution in [0.3, 0.4) is 0 Å². The normalized spacial score (nSPS) is 33.7. The fraction of sp³-hybridized carbons (Fsp3) is 0.938. The molecule has 2 atom stereocenters. The molecule has 1 aliphatic heterocycles. The van der Waals surface area contributed by atoms with E-state index in [0.29, 0.717) is 10.7 Å².